The lowest BCUT2D eigenvalue weighted by Crippen LogP contribution is -2.11. The summed E-state index contributed by atoms with van der Waals surface area (Å²) < 4.78 is 0. The first kappa shape index (κ1) is 16.4. The second kappa shape index (κ2) is 7.47. The van der Waals surface area contributed by atoms with E-state index >= 15 is 0 Å². The third kappa shape index (κ3) is 3.79. The van der Waals surface area contributed by atoms with E-state index in [-0.39, 0.29) is 5.91 Å². The van der Waals surface area contributed by atoms with E-state index in [1.165, 1.54) is 22.7 Å². The fraction of sp³-hybridized carbons (Fsp3) is 0. The van der Waals surface area contributed by atoms with E-state index in [1.807, 2.05) is 53.2 Å². The van der Waals surface area contributed by atoms with Crippen molar-refractivity contribution in [2.45, 2.75) is 0 Å². The largest absolute Gasteiger partial charge is 0.332 e. The van der Waals surface area contributed by atoms with Crippen LogP contribution in [0, 0.1) is 0 Å². The zero-order valence-electron chi connectivity index (χ0n) is 13.5. The maximum Gasteiger partial charge on any atom is 0.257 e. The number of hydrogen-bond acceptors (Lipinski definition) is 6. The van der Waals surface area contributed by atoms with E-state index in [1.54, 1.807) is 18.3 Å². The van der Waals surface area contributed by atoms with Crippen LogP contribution in [0.4, 0.5) is 16.0 Å². The molecule has 2 N–H and O–H groups in total. The maximum absolute atomic E-state index is 12.5. The minimum absolute atomic E-state index is 0.193. The number of anilines is 3. The molecule has 0 aliphatic carbocycles. The normalized spacial score (nSPS) is 10.5. The summed E-state index contributed by atoms with van der Waals surface area (Å²) in [6.45, 7) is 0. The Labute approximate surface area is 158 Å². The van der Waals surface area contributed by atoms with Crippen LogP contribution in [0.3, 0.4) is 0 Å². The van der Waals surface area contributed by atoms with Crippen molar-refractivity contribution in [2.24, 2.45) is 0 Å². The number of hydrogen-bond donors (Lipinski definition) is 2. The molecule has 0 saturated carbocycles. The Morgan fingerprint density at radius 1 is 0.962 bits per heavy atom. The Morgan fingerprint density at radius 3 is 2.65 bits per heavy atom. The third-order valence-electron chi connectivity index (χ3n) is 3.60. The lowest BCUT2D eigenvalue weighted by Gasteiger charge is -2.06. The third-order valence-corrected chi connectivity index (χ3v) is 5.05. The Balaban J connectivity index is 1.47. The van der Waals surface area contributed by atoms with Gasteiger partial charge in [-0.2, -0.15) is 0 Å². The smallest absolute Gasteiger partial charge is 0.257 e. The molecule has 0 radical (unpaired) electrons. The van der Waals surface area contributed by atoms with Crippen LogP contribution in [-0.2, 0) is 0 Å². The minimum Gasteiger partial charge on any atom is -0.332 e. The number of rotatable bonds is 5. The average molecular weight is 378 g/mol. The number of benzene rings is 2. The van der Waals surface area contributed by atoms with Crippen molar-refractivity contribution < 1.29 is 4.79 Å². The fourth-order valence-corrected chi connectivity index (χ4v) is 3.65. The van der Waals surface area contributed by atoms with Crippen LogP contribution < -0.4 is 10.6 Å². The van der Waals surface area contributed by atoms with Crippen molar-refractivity contribution in [3.8, 4) is 11.3 Å². The van der Waals surface area contributed by atoms with Gasteiger partial charge in [0.1, 0.15) is 0 Å². The molecule has 5 nitrogen and oxygen atoms in total. The predicted molar refractivity (Wildman–Crippen MR) is 107 cm³/mol. The number of nitrogens with zero attached hydrogens (tertiary/aromatic N) is 2. The average Bonchev–Trinajstić information content (AvgIpc) is 3.35. The molecule has 2 aromatic heterocycles. The number of amides is 1. The summed E-state index contributed by atoms with van der Waals surface area (Å²) in [5.74, 6) is -0.193. The molecule has 4 rings (SSSR count). The lowest BCUT2D eigenvalue weighted by molar-refractivity contribution is 0.102. The van der Waals surface area contributed by atoms with Gasteiger partial charge in [0.2, 0.25) is 0 Å². The Bertz CT molecular complexity index is 1010. The number of nitrogens with one attached hydrogen (secondary N) is 2. The number of aromatic nitrogens is 2. The quantitative estimate of drug-likeness (QED) is 0.497. The Hall–Kier alpha value is -3.03. The molecule has 1 amide bonds. The highest BCUT2D eigenvalue weighted by Crippen LogP contribution is 2.25. The number of carbonyl (C=O) groups is 1. The van der Waals surface area contributed by atoms with Gasteiger partial charge in [0, 0.05) is 33.8 Å². The van der Waals surface area contributed by atoms with Crippen LogP contribution in [0.1, 0.15) is 10.4 Å². The first-order chi connectivity index (χ1) is 12.8. The summed E-state index contributed by atoms with van der Waals surface area (Å²) in [7, 11) is 0. The zero-order valence-corrected chi connectivity index (χ0v) is 15.2. The summed E-state index contributed by atoms with van der Waals surface area (Å²) in [5, 5.41) is 11.2. The molecule has 0 unspecified atom stereocenters. The first-order valence-corrected chi connectivity index (χ1v) is 9.63. The molecule has 4 aromatic rings. The van der Waals surface area contributed by atoms with Gasteiger partial charge >= 0.3 is 0 Å². The van der Waals surface area contributed by atoms with Crippen LogP contribution >= 0.6 is 22.7 Å². The highest BCUT2D eigenvalue weighted by atomic mass is 32.1. The van der Waals surface area contributed by atoms with Gasteiger partial charge in [-0.25, -0.2) is 9.97 Å². The summed E-state index contributed by atoms with van der Waals surface area (Å²) in [6.07, 6.45) is 1.73. The van der Waals surface area contributed by atoms with Gasteiger partial charge < -0.3 is 5.32 Å². The Morgan fingerprint density at radius 2 is 1.85 bits per heavy atom. The van der Waals surface area contributed by atoms with Crippen LogP contribution in [0.15, 0.2) is 71.6 Å². The van der Waals surface area contributed by atoms with Crippen molar-refractivity contribution in [3.05, 3.63) is 77.1 Å². The molecule has 2 aromatic carbocycles. The molecule has 7 heteroatoms. The van der Waals surface area contributed by atoms with E-state index in [0.717, 1.165) is 22.1 Å². The monoisotopic (exact) mass is 378 g/mol. The second-order valence-electron chi connectivity index (χ2n) is 5.40. The molecule has 0 fully saturated rings. The summed E-state index contributed by atoms with van der Waals surface area (Å²) in [4.78, 5) is 21.2. The topological polar surface area (TPSA) is 66.9 Å². The fourth-order valence-electron chi connectivity index (χ4n) is 2.39. The molecular weight excluding hydrogens is 364 g/mol. The van der Waals surface area contributed by atoms with Crippen molar-refractivity contribution in [1.29, 1.82) is 0 Å². The van der Waals surface area contributed by atoms with Gasteiger partial charge in [0.15, 0.2) is 10.3 Å². The summed E-state index contributed by atoms with van der Waals surface area (Å²) in [6, 6.07) is 17.2. The molecule has 0 spiro atoms. The van der Waals surface area contributed by atoms with Crippen LogP contribution in [0.25, 0.3) is 11.3 Å². The first-order valence-electron chi connectivity index (χ1n) is 7.87. The van der Waals surface area contributed by atoms with Gasteiger partial charge in [-0.05, 0) is 18.2 Å². The van der Waals surface area contributed by atoms with Crippen LogP contribution in [0.5, 0.6) is 0 Å². The molecule has 2 heterocycles. The van der Waals surface area contributed by atoms with E-state index < -0.39 is 0 Å². The van der Waals surface area contributed by atoms with Gasteiger partial charge in [0.25, 0.3) is 5.91 Å². The van der Waals surface area contributed by atoms with E-state index in [9.17, 15) is 4.79 Å². The summed E-state index contributed by atoms with van der Waals surface area (Å²) >= 11 is 2.91. The van der Waals surface area contributed by atoms with Crippen molar-refractivity contribution in [3.63, 3.8) is 0 Å². The molecule has 0 aliphatic heterocycles. The molecule has 0 bridgehead atoms. The molecular formula is C19H14N4OS2. The van der Waals surface area contributed by atoms with Gasteiger partial charge in [0.05, 0.1) is 5.69 Å². The SMILES string of the molecule is O=C(Nc1nc(-c2ccccc2)cs1)c1cccc(Nc2nccs2)c1. The predicted octanol–water partition coefficient (Wildman–Crippen LogP) is 5.26. The zero-order chi connectivity index (χ0) is 17.8. The second-order valence-corrected chi connectivity index (χ2v) is 7.15. The van der Waals surface area contributed by atoms with Crippen LogP contribution in [-0.4, -0.2) is 15.9 Å². The maximum atomic E-state index is 12.5. The standard InChI is InChI=1S/C19H14N4OS2/c24-17(14-7-4-8-15(11-14)21-18-20-9-10-25-18)23-19-22-16(12-26-19)13-5-2-1-3-6-13/h1-12H,(H,20,21)(H,22,23,24). The lowest BCUT2D eigenvalue weighted by atomic mass is 10.2. The number of thiazole rings is 2. The molecule has 0 atom stereocenters. The number of carbonyl (C=O) groups excluding carboxylic acids is 1. The molecule has 0 aliphatic rings. The van der Waals surface area contributed by atoms with E-state index in [0.29, 0.717) is 10.7 Å². The molecule has 0 saturated heterocycles. The van der Waals surface area contributed by atoms with Crippen molar-refractivity contribution in [1.82, 2.24) is 9.97 Å². The van der Waals surface area contributed by atoms with Gasteiger partial charge in [-0.3, -0.25) is 10.1 Å². The van der Waals surface area contributed by atoms with Crippen molar-refractivity contribution in [2.75, 3.05) is 10.6 Å². The van der Waals surface area contributed by atoms with Gasteiger partial charge in [-0.1, -0.05) is 36.4 Å². The van der Waals surface area contributed by atoms with Crippen LogP contribution in [0.2, 0.25) is 0 Å². The minimum atomic E-state index is -0.193. The highest BCUT2D eigenvalue weighted by Gasteiger charge is 2.11. The van der Waals surface area contributed by atoms with Gasteiger partial charge in [-0.15, -0.1) is 22.7 Å². The van der Waals surface area contributed by atoms with E-state index in [2.05, 4.69) is 20.6 Å². The molecule has 26 heavy (non-hydrogen) atoms. The molecule has 128 valence electrons. The van der Waals surface area contributed by atoms with E-state index in [4.69, 9.17) is 0 Å². The Kier molecular flexibility index (Phi) is 4.72. The summed E-state index contributed by atoms with van der Waals surface area (Å²) in [5.41, 5.74) is 3.25. The highest BCUT2D eigenvalue weighted by molar-refractivity contribution is 7.14. The van der Waals surface area contributed by atoms with Crippen molar-refractivity contribution >= 4 is 44.5 Å².